The number of phenolic OH excluding ortho intramolecular Hbond substituents is 1. The summed E-state index contributed by atoms with van der Waals surface area (Å²) >= 11 is 3.34. The molecule has 0 aliphatic rings. The molecule has 3 rings (SSSR count). The maximum atomic E-state index is 10.0. The van der Waals surface area contributed by atoms with E-state index < -0.39 is 0 Å². The maximum Gasteiger partial charge on any atom is 0.316 e. The summed E-state index contributed by atoms with van der Waals surface area (Å²) in [4.78, 5) is 4.23. The van der Waals surface area contributed by atoms with E-state index in [1.807, 2.05) is 24.3 Å². The van der Waals surface area contributed by atoms with E-state index in [-0.39, 0.29) is 11.8 Å². The highest BCUT2D eigenvalue weighted by Crippen LogP contribution is 2.32. The Kier molecular flexibility index (Phi) is 3.97. The van der Waals surface area contributed by atoms with Crippen molar-refractivity contribution in [3.05, 3.63) is 46.4 Å². The van der Waals surface area contributed by atoms with Gasteiger partial charge in [-0.05, 0) is 24.3 Å². The van der Waals surface area contributed by atoms with Crippen molar-refractivity contribution in [1.29, 1.82) is 0 Å². The summed E-state index contributed by atoms with van der Waals surface area (Å²) in [7, 11) is 1.49. The lowest BCUT2D eigenvalue weighted by Crippen LogP contribution is -1.93. The van der Waals surface area contributed by atoms with Gasteiger partial charge in [0.15, 0.2) is 17.1 Å². The molecule has 0 amide bonds. The van der Waals surface area contributed by atoms with Crippen LogP contribution in [-0.2, 0) is 0 Å². The molecule has 22 heavy (non-hydrogen) atoms. The minimum atomic E-state index is 0.00816. The van der Waals surface area contributed by atoms with Crippen molar-refractivity contribution in [3.63, 3.8) is 0 Å². The molecule has 2 N–H and O–H groups in total. The number of hydrazone groups is 1. The predicted molar refractivity (Wildman–Crippen MR) is 87.6 cm³/mol. The third-order valence-corrected chi connectivity index (χ3v) is 3.40. The summed E-state index contributed by atoms with van der Waals surface area (Å²) in [5, 5.41) is 14.0. The van der Waals surface area contributed by atoms with Gasteiger partial charge in [0.1, 0.15) is 5.52 Å². The van der Waals surface area contributed by atoms with E-state index in [1.54, 1.807) is 12.1 Å². The van der Waals surface area contributed by atoms with Crippen molar-refractivity contribution < 1.29 is 14.3 Å². The van der Waals surface area contributed by atoms with Gasteiger partial charge in [-0.25, -0.2) is 5.43 Å². The molecule has 0 aliphatic carbocycles. The standard InChI is InChI=1S/C15H12BrN3O3/c1-21-13-7-10(16)6-9(14(13)20)8-17-19-15-18-11-4-2-3-5-12(11)22-15/h2-8,20H,1H3,(H,18,19)/b17-8+. The van der Waals surface area contributed by atoms with Crippen molar-refractivity contribution in [2.75, 3.05) is 12.5 Å². The zero-order valence-electron chi connectivity index (χ0n) is 11.6. The Morgan fingerprint density at radius 3 is 2.95 bits per heavy atom. The molecule has 0 saturated carbocycles. The number of benzene rings is 2. The molecule has 0 spiro atoms. The number of methoxy groups -OCH3 is 1. The van der Waals surface area contributed by atoms with E-state index >= 15 is 0 Å². The van der Waals surface area contributed by atoms with Crippen LogP contribution in [0.25, 0.3) is 11.1 Å². The van der Waals surface area contributed by atoms with Gasteiger partial charge in [-0.2, -0.15) is 10.1 Å². The Morgan fingerprint density at radius 2 is 2.18 bits per heavy atom. The van der Waals surface area contributed by atoms with Crippen LogP contribution in [-0.4, -0.2) is 23.4 Å². The first-order valence-electron chi connectivity index (χ1n) is 6.38. The Bertz CT molecular complexity index is 812. The first-order valence-corrected chi connectivity index (χ1v) is 7.18. The van der Waals surface area contributed by atoms with Crippen LogP contribution in [0.2, 0.25) is 0 Å². The molecule has 0 aliphatic heterocycles. The largest absolute Gasteiger partial charge is 0.504 e. The molecular weight excluding hydrogens is 350 g/mol. The Hall–Kier alpha value is -2.54. The molecule has 0 saturated heterocycles. The van der Waals surface area contributed by atoms with Gasteiger partial charge in [0.2, 0.25) is 0 Å². The molecule has 112 valence electrons. The number of ether oxygens (including phenoxy) is 1. The van der Waals surface area contributed by atoms with Crippen LogP contribution in [0.4, 0.5) is 6.01 Å². The van der Waals surface area contributed by atoms with Gasteiger partial charge in [0.25, 0.3) is 0 Å². The molecule has 0 radical (unpaired) electrons. The normalized spacial score (nSPS) is 11.2. The van der Waals surface area contributed by atoms with Crippen LogP contribution in [0.3, 0.4) is 0 Å². The van der Waals surface area contributed by atoms with Crippen LogP contribution >= 0.6 is 15.9 Å². The number of aromatic nitrogens is 1. The highest BCUT2D eigenvalue weighted by atomic mass is 79.9. The Labute approximate surface area is 134 Å². The van der Waals surface area contributed by atoms with Crippen LogP contribution in [0.5, 0.6) is 11.5 Å². The number of nitrogens with zero attached hydrogens (tertiary/aromatic N) is 2. The van der Waals surface area contributed by atoms with E-state index in [4.69, 9.17) is 9.15 Å². The minimum absolute atomic E-state index is 0.00816. The highest BCUT2D eigenvalue weighted by molar-refractivity contribution is 9.10. The molecule has 0 atom stereocenters. The fourth-order valence-corrected chi connectivity index (χ4v) is 2.38. The monoisotopic (exact) mass is 361 g/mol. The van der Waals surface area contributed by atoms with Gasteiger partial charge < -0.3 is 14.3 Å². The average Bonchev–Trinajstić information content (AvgIpc) is 2.93. The number of phenols is 1. The maximum absolute atomic E-state index is 10.0. The van der Waals surface area contributed by atoms with E-state index in [0.717, 1.165) is 9.99 Å². The summed E-state index contributed by atoms with van der Waals surface area (Å²) in [6.07, 6.45) is 1.46. The molecule has 2 aromatic carbocycles. The number of para-hydroxylation sites is 2. The summed E-state index contributed by atoms with van der Waals surface area (Å²) < 4.78 is 11.3. The van der Waals surface area contributed by atoms with Gasteiger partial charge in [-0.15, -0.1) is 0 Å². The molecule has 0 unspecified atom stereocenters. The smallest absolute Gasteiger partial charge is 0.316 e. The van der Waals surface area contributed by atoms with E-state index in [2.05, 4.69) is 31.4 Å². The zero-order chi connectivity index (χ0) is 15.5. The van der Waals surface area contributed by atoms with E-state index in [0.29, 0.717) is 16.9 Å². The molecule has 7 heteroatoms. The van der Waals surface area contributed by atoms with Crippen molar-refractivity contribution in [3.8, 4) is 11.5 Å². The lowest BCUT2D eigenvalue weighted by atomic mass is 10.2. The van der Waals surface area contributed by atoms with Crippen molar-refractivity contribution >= 4 is 39.3 Å². The molecule has 3 aromatic rings. The second-order valence-electron chi connectivity index (χ2n) is 4.40. The van der Waals surface area contributed by atoms with Gasteiger partial charge in [0.05, 0.1) is 13.3 Å². The summed E-state index contributed by atoms with van der Waals surface area (Å²) in [5.41, 5.74) is 4.60. The summed E-state index contributed by atoms with van der Waals surface area (Å²) in [5.74, 6) is 0.367. The molecular formula is C15H12BrN3O3. The SMILES string of the molecule is COc1cc(Br)cc(/C=N/Nc2nc3ccccc3o2)c1O. The van der Waals surface area contributed by atoms with Gasteiger partial charge >= 0.3 is 6.01 Å². The topological polar surface area (TPSA) is 79.9 Å². The van der Waals surface area contributed by atoms with Crippen molar-refractivity contribution in [2.45, 2.75) is 0 Å². The highest BCUT2D eigenvalue weighted by Gasteiger charge is 2.08. The lowest BCUT2D eigenvalue weighted by molar-refractivity contribution is 0.373. The third kappa shape index (κ3) is 2.89. The van der Waals surface area contributed by atoms with Crippen molar-refractivity contribution in [2.24, 2.45) is 5.10 Å². The Morgan fingerprint density at radius 1 is 1.36 bits per heavy atom. The Balaban J connectivity index is 1.81. The van der Waals surface area contributed by atoms with Gasteiger partial charge in [0, 0.05) is 10.0 Å². The average molecular weight is 362 g/mol. The number of fused-ring (bicyclic) bond motifs is 1. The number of nitrogens with one attached hydrogen (secondary N) is 1. The summed E-state index contributed by atoms with van der Waals surface area (Å²) in [6, 6.07) is 11.1. The van der Waals surface area contributed by atoms with Crippen LogP contribution in [0.15, 0.2) is 50.4 Å². The molecule has 0 fully saturated rings. The molecule has 1 heterocycles. The van der Waals surface area contributed by atoms with Gasteiger partial charge in [-0.3, -0.25) is 0 Å². The van der Waals surface area contributed by atoms with Gasteiger partial charge in [-0.1, -0.05) is 28.1 Å². The molecule has 6 nitrogen and oxygen atoms in total. The summed E-state index contributed by atoms with van der Waals surface area (Å²) in [6.45, 7) is 0. The second-order valence-corrected chi connectivity index (χ2v) is 5.32. The van der Waals surface area contributed by atoms with E-state index in [1.165, 1.54) is 13.3 Å². The van der Waals surface area contributed by atoms with Crippen LogP contribution < -0.4 is 10.2 Å². The number of rotatable bonds is 4. The quantitative estimate of drug-likeness (QED) is 0.546. The number of oxazole rings is 1. The van der Waals surface area contributed by atoms with Crippen molar-refractivity contribution in [1.82, 2.24) is 4.98 Å². The fourth-order valence-electron chi connectivity index (χ4n) is 1.93. The first-order chi connectivity index (χ1) is 10.7. The number of halogens is 1. The van der Waals surface area contributed by atoms with Crippen LogP contribution in [0, 0.1) is 0 Å². The number of aromatic hydroxyl groups is 1. The zero-order valence-corrected chi connectivity index (χ0v) is 13.2. The lowest BCUT2D eigenvalue weighted by Gasteiger charge is -2.06. The number of hydrogen-bond donors (Lipinski definition) is 2. The third-order valence-electron chi connectivity index (χ3n) is 2.95. The fraction of sp³-hybridized carbons (Fsp3) is 0.0667. The predicted octanol–water partition coefficient (Wildman–Crippen LogP) is 3.75. The van der Waals surface area contributed by atoms with Crippen LogP contribution in [0.1, 0.15) is 5.56 Å². The molecule has 0 bridgehead atoms. The van der Waals surface area contributed by atoms with E-state index in [9.17, 15) is 5.11 Å². The molecule has 1 aromatic heterocycles. The number of hydrogen-bond acceptors (Lipinski definition) is 6. The first kappa shape index (κ1) is 14.4. The number of anilines is 1. The minimum Gasteiger partial charge on any atom is -0.504 e. The second kappa shape index (κ2) is 6.07.